The van der Waals surface area contributed by atoms with Gasteiger partial charge in [-0.1, -0.05) is 51.4 Å². The van der Waals surface area contributed by atoms with Crippen LogP contribution in [0.2, 0.25) is 0 Å². The quantitative estimate of drug-likeness (QED) is 0.0199. The number of phosphoric ester groups is 1. The molecule has 3 rings (SSSR count). The highest BCUT2D eigenvalue weighted by atomic mass is 31.2. The van der Waals surface area contributed by atoms with Gasteiger partial charge in [-0.05, 0) is 65.7 Å². The van der Waals surface area contributed by atoms with E-state index in [-0.39, 0.29) is 149 Å². The molecule has 3 aliphatic heterocycles. The van der Waals surface area contributed by atoms with E-state index in [0.717, 1.165) is 57.8 Å². The molecular weight excluding hydrogens is 1590 g/mol. The number of rotatable bonds is 63. The number of nitrogens with one attached hydrogen (secondary N) is 10. The molecule has 3 aliphatic rings. The normalized spacial score (nSPS) is 24.5. The van der Waals surface area contributed by atoms with Crippen LogP contribution in [0.25, 0.3) is 0 Å². The number of unbranched alkanes of at least 4 members (excludes halogenated alkanes) is 9. The molecule has 0 bridgehead atoms. The second-order valence-electron chi connectivity index (χ2n) is 30.0. The lowest BCUT2D eigenvalue weighted by atomic mass is 9.97. The van der Waals surface area contributed by atoms with Gasteiger partial charge in [0, 0.05) is 98.1 Å². The molecule has 0 aromatic heterocycles. The SMILES string of the molecule is CC(=O)NC1C(OCCOCCNC(=O)CC[C@H](NC(=O)CC[C@H](NC(=O)CCCC(=O)NCCCCCCCCCCCC(=O)NCCCCC(CO)COP(=O)([O-])OC(C)(C)C)C(=O)NCCOCCOC2OC(CO)C(O)C(O)C2NC(C)=O)C(=O)NCCOCCOC2OC(CO)C(O)C(O)C2NC(C)=O)OC(CO)C(O)C1O. The summed E-state index contributed by atoms with van der Waals surface area (Å²) >= 11 is 0. The van der Waals surface area contributed by atoms with Gasteiger partial charge in [0.2, 0.25) is 59.1 Å². The maximum Gasteiger partial charge on any atom is 0.268 e. The van der Waals surface area contributed by atoms with Gasteiger partial charge in [-0.25, -0.2) is 0 Å². The maximum atomic E-state index is 13.9. The molecule has 3 fully saturated rings. The van der Waals surface area contributed by atoms with Gasteiger partial charge in [-0.3, -0.25) is 52.5 Å². The van der Waals surface area contributed by atoms with Crippen LogP contribution in [-0.4, -0.2) is 345 Å². The summed E-state index contributed by atoms with van der Waals surface area (Å²) in [5, 5.41) is 128. The van der Waals surface area contributed by atoms with Crippen molar-refractivity contribution in [2.45, 2.75) is 280 Å². The first-order valence-electron chi connectivity index (χ1n) is 40.6. The number of ether oxygens (including phenoxy) is 9. The van der Waals surface area contributed by atoms with Gasteiger partial charge in [-0.15, -0.1) is 0 Å². The van der Waals surface area contributed by atoms with Gasteiger partial charge in [-0.2, -0.15) is 0 Å². The van der Waals surface area contributed by atoms with E-state index >= 15 is 0 Å². The van der Waals surface area contributed by atoms with E-state index < -0.39 is 191 Å². The molecule has 684 valence electrons. The Hall–Kier alpha value is -5.95. The van der Waals surface area contributed by atoms with E-state index in [1.165, 1.54) is 20.8 Å². The molecule has 0 spiro atoms. The molecule has 44 heteroatoms. The minimum absolute atomic E-state index is 0.0173. The fraction of sp³-hybridized carbons (Fsp3) is 0.865. The minimum Gasteiger partial charge on any atom is -0.756 e. The lowest BCUT2D eigenvalue weighted by molar-refractivity contribution is -0.272. The molecule has 17 unspecified atom stereocenters. The highest BCUT2D eigenvalue weighted by molar-refractivity contribution is 7.45. The first-order chi connectivity index (χ1) is 56.1. The second kappa shape index (κ2) is 59.7. The Labute approximate surface area is 688 Å². The number of aliphatic hydroxyl groups excluding tert-OH is 10. The predicted molar refractivity (Wildman–Crippen MR) is 413 cm³/mol. The third kappa shape index (κ3) is 44.7. The minimum atomic E-state index is -4.51. The maximum absolute atomic E-state index is 13.9. The van der Waals surface area contributed by atoms with Crippen molar-refractivity contribution in [1.29, 1.82) is 0 Å². The molecule has 118 heavy (non-hydrogen) atoms. The molecule has 0 saturated carbocycles. The Balaban J connectivity index is 1.55. The van der Waals surface area contributed by atoms with Crippen molar-refractivity contribution >= 4 is 66.9 Å². The number of amides is 10. The highest BCUT2D eigenvalue weighted by Crippen LogP contribution is 2.43. The molecule has 3 saturated heterocycles. The van der Waals surface area contributed by atoms with Gasteiger partial charge in [0.25, 0.3) is 7.82 Å². The summed E-state index contributed by atoms with van der Waals surface area (Å²) < 4.78 is 72.3. The summed E-state index contributed by atoms with van der Waals surface area (Å²) in [6.45, 7) is 5.29. The lowest BCUT2D eigenvalue weighted by Crippen LogP contribution is -2.64. The third-order valence-corrected chi connectivity index (χ3v) is 20.0. The lowest BCUT2D eigenvalue weighted by Gasteiger charge is -2.42. The van der Waals surface area contributed by atoms with E-state index in [0.29, 0.717) is 38.8 Å². The molecule has 10 amide bonds. The van der Waals surface area contributed by atoms with Gasteiger partial charge < -0.3 is 161 Å². The van der Waals surface area contributed by atoms with E-state index in [4.69, 9.17) is 51.7 Å². The van der Waals surface area contributed by atoms with Gasteiger partial charge >= 0.3 is 0 Å². The van der Waals surface area contributed by atoms with Crippen molar-refractivity contribution in [3.8, 4) is 0 Å². The second-order valence-corrected chi connectivity index (χ2v) is 31.3. The number of hydrogen-bond acceptors (Lipinski definition) is 33. The number of aliphatic hydroxyl groups is 10. The van der Waals surface area contributed by atoms with Crippen LogP contribution in [0.5, 0.6) is 0 Å². The smallest absolute Gasteiger partial charge is 0.268 e. The van der Waals surface area contributed by atoms with Crippen LogP contribution in [0.3, 0.4) is 0 Å². The van der Waals surface area contributed by atoms with Crippen LogP contribution < -0.4 is 58.1 Å². The number of hydrogen-bond donors (Lipinski definition) is 20. The van der Waals surface area contributed by atoms with Crippen LogP contribution in [-0.2, 0) is 104 Å². The van der Waals surface area contributed by atoms with E-state index in [9.17, 15) is 108 Å². The van der Waals surface area contributed by atoms with Gasteiger partial charge in [0.05, 0.1) is 91.5 Å². The third-order valence-electron chi connectivity index (χ3n) is 18.7. The van der Waals surface area contributed by atoms with Crippen molar-refractivity contribution in [1.82, 2.24) is 53.2 Å². The highest BCUT2D eigenvalue weighted by Gasteiger charge is 2.48. The molecule has 0 radical (unpaired) electrons. The Morgan fingerprint density at radius 3 is 1.11 bits per heavy atom. The van der Waals surface area contributed by atoms with Crippen LogP contribution in [0, 0.1) is 5.92 Å². The van der Waals surface area contributed by atoms with E-state index in [2.05, 4.69) is 53.2 Å². The van der Waals surface area contributed by atoms with Crippen molar-refractivity contribution in [2.24, 2.45) is 5.92 Å². The Kier molecular flexibility index (Phi) is 53.8. The Morgan fingerprint density at radius 1 is 0.398 bits per heavy atom. The fourth-order valence-electron chi connectivity index (χ4n) is 12.6. The van der Waals surface area contributed by atoms with Crippen LogP contribution in [0.1, 0.15) is 170 Å². The number of carbonyl (C=O) groups is 10. The number of phosphoric acid groups is 1. The standard InChI is InChI=1S/C74H135N10O33P/c1-46(89)80-60-66(100)63(97)52(42-86)114-71(60)110-38-35-107-32-29-77-57(94)25-23-50(69(103)78-30-33-108-36-39-111-72-61(81-47(2)90)67(101)64(98)53(43-87)115-72)84-59(96)26-24-51(70(104)79-31-34-109-37-40-112-73-62(82-48(3)91)68(102)65(99)54(44-88)116-73)83-58(95)22-18-21-56(93)75-27-16-13-11-9-7-8-10-12-14-20-55(92)76-28-17-15-19-49(41-85)45-113-118(105,106)117-74(4,5)6/h49-54,60-68,71-73,85-88,97-102H,7-45H2,1-6H3,(H,75,93)(H,76,92)(H,77,94)(H,78,103)(H,79,104)(H,80,89)(H,81,90)(H,82,91)(H,83,95)(H,84,96)(H,105,106)/p-1/t49?,50-,51-,52?,53?,54?,60?,61?,62?,63?,64?,65?,66?,67?,68?,71?,72?,73?/m0/s1. The van der Waals surface area contributed by atoms with Gasteiger partial charge in [0.15, 0.2) is 18.9 Å². The fourth-order valence-corrected chi connectivity index (χ4v) is 13.7. The number of carbonyl (C=O) groups excluding carboxylic acids is 10. The predicted octanol–water partition coefficient (Wildman–Crippen LogP) is -5.82. The molecule has 3 heterocycles. The van der Waals surface area contributed by atoms with Crippen LogP contribution in [0.15, 0.2) is 0 Å². The molecule has 19 atom stereocenters. The molecule has 0 aliphatic carbocycles. The first-order valence-corrected chi connectivity index (χ1v) is 42.1. The van der Waals surface area contributed by atoms with Crippen LogP contribution in [0.4, 0.5) is 0 Å². The largest absolute Gasteiger partial charge is 0.756 e. The molecule has 0 aromatic rings. The van der Waals surface area contributed by atoms with Crippen molar-refractivity contribution in [3.63, 3.8) is 0 Å². The zero-order valence-corrected chi connectivity index (χ0v) is 69.7. The van der Waals surface area contributed by atoms with Crippen molar-refractivity contribution in [3.05, 3.63) is 0 Å². The Morgan fingerprint density at radius 2 is 0.729 bits per heavy atom. The molecule has 43 nitrogen and oxygen atoms in total. The first kappa shape index (κ1) is 106. The monoisotopic (exact) mass is 1720 g/mol. The average Bonchev–Trinajstić information content (AvgIpc) is 0.817. The van der Waals surface area contributed by atoms with Crippen molar-refractivity contribution < 1.29 is 160 Å². The Bertz CT molecular complexity index is 2970. The summed E-state index contributed by atoms with van der Waals surface area (Å²) in [7, 11) is -4.51. The van der Waals surface area contributed by atoms with Gasteiger partial charge in [0.1, 0.15) is 85.1 Å². The molecule has 20 N–H and O–H groups in total. The average molecular weight is 1720 g/mol. The van der Waals surface area contributed by atoms with E-state index in [1.807, 2.05) is 0 Å². The molecular formula is C74H134N10O33P-. The summed E-state index contributed by atoms with van der Waals surface area (Å²) in [6.07, 6.45) is -7.78. The summed E-state index contributed by atoms with van der Waals surface area (Å²) in [4.78, 5) is 141. The summed E-state index contributed by atoms with van der Waals surface area (Å²) in [5.74, 6) is -5.88. The zero-order chi connectivity index (χ0) is 87.6. The van der Waals surface area contributed by atoms with E-state index in [1.54, 1.807) is 20.8 Å². The topological polar surface area (TPSA) is 635 Å². The molecule has 0 aromatic carbocycles. The van der Waals surface area contributed by atoms with Crippen LogP contribution >= 0.6 is 7.82 Å². The van der Waals surface area contributed by atoms with Crippen molar-refractivity contribution in [2.75, 3.05) is 125 Å². The zero-order valence-electron chi connectivity index (χ0n) is 68.8. The summed E-state index contributed by atoms with van der Waals surface area (Å²) in [6, 6.07) is -6.34. The summed E-state index contributed by atoms with van der Waals surface area (Å²) in [5.41, 5.74) is -0.936.